The first kappa shape index (κ1) is 38.6. The number of carbonyl (C=O) groups excluding carboxylic acids is 3. The number of amides is 2. The van der Waals surface area contributed by atoms with E-state index in [1.54, 1.807) is 53.5 Å². The van der Waals surface area contributed by atoms with Crippen molar-refractivity contribution in [3.63, 3.8) is 0 Å². The summed E-state index contributed by atoms with van der Waals surface area (Å²) in [4.78, 5) is 50.2. The molecule has 2 heterocycles. The number of pyridine rings is 2. The molecule has 3 rings (SSSR count). The molecule has 0 aliphatic carbocycles. The Morgan fingerprint density at radius 1 is 0.917 bits per heavy atom. The van der Waals surface area contributed by atoms with E-state index in [-0.39, 0.29) is 24.0 Å². The van der Waals surface area contributed by atoms with Crippen molar-refractivity contribution in [2.24, 2.45) is 0 Å². The second-order valence-corrected chi connectivity index (χ2v) is 19.5. The third-order valence-electron chi connectivity index (χ3n) is 8.26. The molecule has 0 aliphatic rings. The molecule has 2 amide bonds. The lowest BCUT2D eigenvalue weighted by Crippen LogP contribution is -2.46. The molecule has 2 aromatic heterocycles. The number of hydrogen-bond acceptors (Lipinski definition) is 8. The van der Waals surface area contributed by atoms with Crippen LogP contribution in [0.3, 0.4) is 0 Å². The number of nitrogens with zero attached hydrogens (tertiary/aromatic N) is 4. The van der Waals surface area contributed by atoms with Crippen molar-refractivity contribution in [2.45, 2.75) is 84.3 Å². The smallest absolute Gasteiger partial charge is 0.410 e. The molecule has 260 valence electrons. The highest BCUT2D eigenvalue weighted by Crippen LogP contribution is 2.40. The summed E-state index contributed by atoms with van der Waals surface area (Å²) >= 11 is 6.10. The van der Waals surface area contributed by atoms with Gasteiger partial charge in [0.05, 0.1) is 25.3 Å². The maximum atomic E-state index is 13.5. The van der Waals surface area contributed by atoms with Gasteiger partial charge in [0.1, 0.15) is 10.8 Å². The van der Waals surface area contributed by atoms with Crippen molar-refractivity contribution in [3.05, 3.63) is 94.0 Å². The minimum absolute atomic E-state index is 0.0565. The van der Waals surface area contributed by atoms with E-state index in [2.05, 4.69) is 43.8 Å². The van der Waals surface area contributed by atoms with Crippen LogP contribution in [0.5, 0.6) is 0 Å². The van der Waals surface area contributed by atoms with Gasteiger partial charge >= 0.3 is 12.1 Å². The molecule has 10 nitrogen and oxygen atoms in total. The van der Waals surface area contributed by atoms with Gasteiger partial charge in [-0.15, -0.1) is 0 Å². The molecule has 48 heavy (non-hydrogen) atoms. The van der Waals surface area contributed by atoms with Gasteiger partial charge in [-0.2, -0.15) is 0 Å². The zero-order chi connectivity index (χ0) is 35.9. The normalized spacial score (nSPS) is 12.6. The fourth-order valence-electron chi connectivity index (χ4n) is 4.55. The highest BCUT2D eigenvalue weighted by Gasteiger charge is 2.40. The molecular weight excluding hydrogens is 648 g/mol. The Kier molecular flexibility index (Phi) is 12.9. The van der Waals surface area contributed by atoms with E-state index in [9.17, 15) is 14.4 Å². The first-order chi connectivity index (χ1) is 22.3. The van der Waals surface area contributed by atoms with Gasteiger partial charge in [0.25, 0.3) is 5.91 Å². The summed E-state index contributed by atoms with van der Waals surface area (Å²) in [6, 6.07) is 12.6. The summed E-state index contributed by atoms with van der Waals surface area (Å²) in [7, 11) is 0.742. The molecule has 3 aromatic rings. The highest BCUT2D eigenvalue weighted by atomic mass is 35.5. The molecule has 0 bridgehead atoms. The van der Waals surface area contributed by atoms with Gasteiger partial charge < -0.3 is 23.7 Å². The molecule has 0 radical (unpaired) electrons. The Balaban J connectivity index is 1.78. The Hall–Kier alpha value is -3.80. The van der Waals surface area contributed by atoms with Crippen LogP contribution in [0.15, 0.2) is 61.1 Å². The van der Waals surface area contributed by atoms with Crippen molar-refractivity contribution < 1.29 is 28.3 Å². The summed E-state index contributed by atoms with van der Waals surface area (Å²) in [6.45, 7) is 17.3. The number of hydrogen-bond donors (Lipinski definition) is 0. The number of rotatable bonds is 12. The molecule has 12 heteroatoms. The third-order valence-corrected chi connectivity index (χ3v) is 13.0. The van der Waals surface area contributed by atoms with Crippen molar-refractivity contribution >= 4 is 37.9 Å². The fraction of sp³-hybridized carbons (Fsp3) is 0.472. The van der Waals surface area contributed by atoms with Crippen LogP contribution in [0.2, 0.25) is 23.3 Å². The predicted molar refractivity (Wildman–Crippen MR) is 190 cm³/mol. The zero-order valence-corrected chi connectivity index (χ0v) is 31.6. The molecule has 1 atom stereocenters. The number of methoxy groups -OCH3 is 1. The first-order valence-electron chi connectivity index (χ1n) is 15.9. The third kappa shape index (κ3) is 11.1. The molecule has 0 fully saturated rings. The van der Waals surface area contributed by atoms with Crippen LogP contribution in [0.4, 0.5) is 4.79 Å². The van der Waals surface area contributed by atoms with Crippen molar-refractivity contribution in [3.8, 4) is 0 Å². The Labute approximate surface area is 290 Å². The minimum atomic E-state index is -2.26. The van der Waals surface area contributed by atoms with Gasteiger partial charge in [-0.05, 0) is 86.3 Å². The number of esters is 1. The fourth-order valence-corrected chi connectivity index (χ4v) is 5.94. The van der Waals surface area contributed by atoms with E-state index in [0.717, 1.165) is 11.1 Å². The van der Waals surface area contributed by atoms with Gasteiger partial charge in [-0.25, -0.2) is 14.6 Å². The maximum Gasteiger partial charge on any atom is 0.410 e. The number of carbonyl (C=O) groups is 3. The van der Waals surface area contributed by atoms with Crippen LogP contribution < -0.4 is 0 Å². The second kappa shape index (κ2) is 16.1. The summed E-state index contributed by atoms with van der Waals surface area (Å²) < 4.78 is 17.4. The monoisotopic (exact) mass is 696 g/mol. The Morgan fingerprint density at radius 3 is 2.15 bits per heavy atom. The summed E-state index contributed by atoms with van der Waals surface area (Å²) in [5, 5.41) is 0.325. The molecule has 1 aromatic carbocycles. The van der Waals surface area contributed by atoms with E-state index in [1.807, 2.05) is 39.0 Å². The van der Waals surface area contributed by atoms with E-state index in [1.165, 1.54) is 13.3 Å². The van der Waals surface area contributed by atoms with Crippen molar-refractivity contribution in [2.75, 3.05) is 27.2 Å². The van der Waals surface area contributed by atoms with E-state index in [0.29, 0.717) is 34.8 Å². The lowest BCUT2D eigenvalue weighted by atomic mass is 10.1. The minimum Gasteiger partial charge on any atom is -0.465 e. The molecule has 0 saturated heterocycles. The highest BCUT2D eigenvalue weighted by molar-refractivity contribution is 6.74. The van der Waals surface area contributed by atoms with Gasteiger partial charge in [0.2, 0.25) is 0 Å². The average Bonchev–Trinajstić information content (AvgIpc) is 3.01. The van der Waals surface area contributed by atoms with Crippen LogP contribution in [0.25, 0.3) is 0 Å². The number of aromatic nitrogens is 2. The number of ether oxygens (including phenoxy) is 2. The summed E-state index contributed by atoms with van der Waals surface area (Å²) in [6.07, 6.45) is 4.39. The van der Waals surface area contributed by atoms with Crippen LogP contribution >= 0.6 is 11.6 Å². The molecule has 0 saturated carbocycles. The van der Waals surface area contributed by atoms with E-state index in [4.69, 9.17) is 25.5 Å². The predicted octanol–water partition coefficient (Wildman–Crippen LogP) is 7.73. The van der Waals surface area contributed by atoms with Crippen molar-refractivity contribution in [1.29, 1.82) is 0 Å². The Bertz CT molecular complexity index is 1550. The zero-order valence-electron chi connectivity index (χ0n) is 29.8. The molecule has 0 N–H and O–H groups in total. The summed E-state index contributed by atoms with van der Waals surface area (Å²) in [5.74, 6) is -0.664. The largest absolute Gasteiger partial charge is 0.465 e. The first-order valence-corrected chi connectivity index (χ1v) is 19.2. The van der Waals surface area contributed by atoms with Crippen LogP contribution in [0.1, 0.15) is 85.1 Å². The van der Waals surface area contributed by atoms with E-state index < -0.39 is 32.1 Å². The van der Waals surface area contributed by atoms with Gasteiger partial charge in [0, 0.05) is 44.3 Å². The van der Waals surface area contributed by atoms with Gasteiger partial charge in [-0.1, -0.05) is 50.6 Å². The number of halogens is 1. The topological polar surface area (TPSA) is 111 Å². The lowest BCUT2D eigenvalue weighted by Gasteiger charge is -2.40. The number of benzene rings is 1. The molecule has 0 spiro atoms. The van der Waals surface area contributed by atoms with Gasteiger partial charge in [-0.3, -0.25) is 9.78 Å². The lowest BCUT2D eigenvalue weighted by molar-refractivity contribution is 0.0158. The second-order valence-electron chi connectivity index (χ2n) is 14.4. The van der Waals surface area contributed by atoms with Crippen LogP contribution in [-0.2, 0) is 26.9 Å². The molecular formula is C36H49ClN4O6Si. The molecule has 1 unspecified atom stereocenters. The Morgan fingerprint density at radius 2 is 1.58 bits per heavy atom. The van der Waals surface area contributed by atoms with Crippen LogP contribution in [0, 0.1) is 0 Å². The maximum absolute atomic E-state index is 13.5. The van der Waals surface area contributed by atoms with Crippen molar-refractivity contribution in [1.82, 2.24) is 19.8 Å². The molecule has 0 aliphatic heterocycles. The average molecular weight is 697 g/mol. The van der Waals surface area contributed by atoms with Gasteiger partial charge in [0.15, 0.2) is 8.32 Å². The standard InChI is InChI=1S/C36H49ClN4O6Si/c1-35(2,3)46-34(44)41(24-30(28-15-16-31(37)39-22-28)47-48(9,10)36(4,5)6)18-17-25-11-13-27(14-12-25)32(42)40(7)23-26-19-29(21-38-20-26)33(43)45-8/h11-16,19-22,30H,17-18,23-24H2,1-10H3. The quantitative estimate of drug-likeness (QED) is 0.107. The van der Waals surface area contributed by atoms with E-state index >= 15 is 0 Å². The summed E-state index contributed by atoms with van der Waals surface area (Å²) in [5.41, 5.74) is 2.64. The SMILES string of the molecule is COC(=O)c1cncc(CN(C)C(=O)c2ccc(CCN(CC(O[Si](C)(C)C(C)(C)C)c3ccc(Cl)nc3)C(=O)OC(C)(C)C)cc2)c1. The van der Waals surface area contributed by atoms with Crippen LogP contribution in [-0.4, -0.2) is 78.9 Å².